The van der Waals surface area contributed by atoms with Crippen molar-refractivity contribution in [3.05, 3.63) is 39.8 Å². The zero-order valence-corrected chi connectivity index (χ0v) is 23.0. The molecule has 1 saturated heterocycles. The lowest BCUT2D eigenvalue weighted by molar-refractivity contribution is 0.0161. The van der Waals surface area contributed by atoms with Gasteiger partial charge in [-0.25, -0.2) is 18.1 Å². The van der Waals surface area contributed by atoms with Crippen LogP contribution in [0.2, 0.25) is 0 Å². The number of hydrogen-bond donors (Lipinski definition) is 2. The van der Waals surface area contributed by atoms with Gasteiger partial charge in [0.05, 0.1) is 23.9 Å². The van der Waals surface area contributed by atoms with E-state index in [9.17, 15) is 18.3 Å². The molecule has 9 nitrogen and oxygen atoms in total. The molecule has 1 amide bonds. The van der Waals surface area contributed by atoms with E-state index in [1.807, 2.05) is 49.8 Å². The average Bonchev–Trinajstić information content (AvgIpc) is 3.27. The van der Waals surface area contributed by atoms with Crippen molar-refractivity contribution in [3.63, 3.8) is 0 Å². The monoisotopic (exact) mass is 536 g/mol. The van der Waals surface area contributed by atoms with Gasteiger partial charge in [0, 0.05) is 38.1 Å². The third kappa shape index (κ3) is 6.08. The van der Waals surface area contributed by atoms with E-state index in [1.165, 1.54) is 11.3 Å². The zero-order chi connectivity index (χ0) is 26.1. The Hall–Kier alpha value is -2.05. The normalized spacial score (nSPS) is 22.9. The molecule has 1 unspecified atom stereocenters. The Morgan fingerprint density at radius 2 is 2.03 bits per heavy atom. The molecule has 2 N–H and O–H groups in total. The quantitative estimate of drug-likeness (QED) is 0.606. The summed E-state index contributed by atoms with van der Waals surface area (Å²) < 4.78 is 35.0. The smallest absolute Gasteiger partial charge is 0.265 e. The van der Waals surface area contributed by atoms with E-state index >= 15 is 0 Å². The van der Waals surface area contributed by atoms with Gasteiger partial charge >= 0.3 is 0 Å². The number of aromatic nitrogens is 1. The number of thiazole rings is 1. The highest BCUT2D eigenvalue weighted by Crippen LogP contribution is 2.36. The van der Waals surface area contributed by atoms with Gasteiger partial charge in [-0.3, -0.25) is 4.79 Å². The first-order valence-electron chi connectivity index (χ1n) is 12.3. The highest BCUT2D eigenvalue weighted by Gasteiger charge is 2.39. The summed E-state index contributed by atoms with van der Waals surface area (Å²) in [6.07, 6.45) is 2.21. The number of β-amino-alcohol motifs (C(OH)–C–C–N with tert-alkyl or cyclic N) is 1. The maximum atomic E-state index is 13.1. The molecular formula is C25H36N4O5S2. The van der Waals surface area contributed by atoms with Gasteiger partial charge in [0.25, 0.3) is 5.91 Å². The first kappa shape index (κ1) is 27.0. The second kappa shape index (κ2) is 10.7. The maximum Gasteiger partial charge on any atom is 0.265 e. The molecule has 1 aromatic heterocycles. The number of aliphatic hydroxyl groups excluding tert-OH is 1. The number of fused-ring (bicyclic) bond motifs is 1. The third-order valence-corrected chi connectivity index (χ3v) is 9.40. The molecule has 0 radical (unpaired) electrons. The van der Waals surface area contributed by atoms with Crippen LogP contribution in [0.1, 0.15) is 52.8 Å². The highest BCUT2D eigenvalue weighted by atomic mass is 32.2. The van der Waals surface area contributed by atoms with Crippen molar-refractivity contribution in [2.45, 2.75) is 50.5 Å². The molecule has 2 aliphatic heterocycles. The van der Waals surface area contributed by atoms with E-state index < -0.39 is 16.1 Å². The maximum absolute atomic E-state index is 13.1. The molecule has 3 heterocycles. The lowest BCUT2D eigenvalue weighted by Gasteiger charge is -2.44. The second-order valence-electron chi connectivity index (χ2n) is 10.4. The standard InChI is InChI=1S/C25H36N4O5S2/c1-17(2)19-5-6-23-21(11-19)34-16-25(15-28(4)14-20(30)12-27-36(23,32)33)7-9-29(10-8-25)24(31)22-13-26-18(3)35-22/h5-6,11,13,17,20,27,30H,7-10,12,14-16H2,1-4H3. The number of aliphatic hydroxyl groups is 1. The fourth-order valence-electron chi connectivity index (χ4n) is 4.94. The van der Waals surface area contributed by atoms with Crippen LogP contribution in [0.25, 0.3) is 0 Å². The predicted molar refractivity (Wildman–Crippen MR) is 139 cm³/mol. The summed E-state index contributed by atoms with van der Waals surface area (Å²) in [4.78, 5) is 21.8. The number of carbonyl (C=O) groups is 1. The summed E-state index contributed by atoms with van der Waals surface area (Å²) in [7, 11) is -1.94. The molecule has 198 valence electrons. The van der Waals surface area contributed by atoms with Crippen molar-refractivity contribution in [1.82, 2.24) is 19.5 Å². The van der Waals surface area contributed by atoms with E-state index in [2.05, 4.69) is 9.71 Å². The Morgan fingerprint density at radius 3 is 2.67 bits per heavy atom. The van der Waals surface area contributed by atoms with Gasteiger partial charge in [-0.2, -0.15) is 0 Å². The Labute approximate surface area is 217 Å². The van der Waals surface area contributed by atoms with E-state index in [1.54, 1.807) is 12.3 Å². The molecule has 11 heteroatoms. The van der Waals surface area contributed by atoms with Crippen LogP contribution in [-0.2, 0) is 10.0 Å². The number of likely N-dealkylation sites (N-methyl/N-ethyl adjacent to an activating group) is 1. The summed E-state index contributed by atoms with van der Waals surface area (Å²) in [6.45, 7) is 8.37. The predicted octanol–water partition coefficient (Wildman–Crippen LogP) is 2.46. The summed E-state index contributed by atoms with van der Waals surface area (Å²) in [5.41, 5.74) is 0.693. The number of amides is 1. The first-order chi connectivity index (χ1) is 17.0. The zero-order valence-electron chi connectivity index (χ0n) is 21.4. The van der Waals surface area contributed by atoms with Gasteiger partial charge in [-0.15, -0.1) is 11.3 Å². The molecule has 4 rings (SSSR count). The number of benzene rings is 1. The Bertz CT molecular complexity index is 1190. The minimum atomic E-state index is -3.86. The van der Waals surface area contributed by atoms with Crippen LogP contribution in [0.5, 0.6) is 5.75 Å². The number of aryl methyl sites for hydroxylation is 1. The number of likely N-dealkylation sites (tertiary alicyclic amines) is 1. The third-order valence-electron chi connectivity index (χ3n) is 7.04. The topological polar surface area (TPSA) is 112 Å². The van der Waals surface area contributed by atoms with E-state index in [0.29, 0.717) is 56.3 Å². The fourth-order valence-corrected chi connectivity index (χ4v) is 6.89. The van der Waals surface area contributed by atoms with E-state index in [0.717, 1.165) is 10.6 Å². The largest absolute Gasteiger partial charge is 0.492 e. The Balaban J connectivity index is 1.61. The van der Waals surface area contributed by atoms with Crippen molar-refractivity contribution in [2.75, 3.05) is 46.4 Å². The van der Waals surface area contributed by atoms with E-state index in [-0.39, 0.29) is 28.7 Å². The number of rotatable bonds is 2. The molecule has 36 heavy (non-hydrogen) atoms. The second-order valence-corrected chi connectivity index (χ2v) is 13.4. The van der Waals surface area contributed by atoms with Crippen LogP contribution in [0.15, 0.2) is 29.3 Å². The first-order valence-corrected chi connectivity index (χ1v) is 14.6. The minimum absolute atomic E-state index is 0.00242. The molecule has 1 aromatic carbocycles. The number of carbonyl (C=O) groups excluding carboxylic acids is 1. The van der Waals surface area contributed by atoms with Gasteiger partial charge < -0.3 is 19.6 Å². The Morgan fingerprint density at radius 1 is 1.31 bits per heavy atom. The molecule has 0 saturated carbocycles. The summed E-state index contributed by atoms with van der Waals surface area (Å²) in [5.74, 6) is 0.532. The number of nitrogens with zero attached hydrogens (tertiary/aromatic N) is 3. The van der Waals surface area contributed by atoms with Gasteiger partial charge in [-0.1, -0.05) is 19.9 Å². The van der Waals surface area contributed by atoms with Crippen molar-refractivity contribution >= 4 is 27.3 Å². The SMILES string of the molecule is Cc1ncc(C(=O)N2CCC3(CC2)COc2cc(C(C)C)ccc2S(=O)(=O)NCC(O)CN(C)C3)s1. The molecule has 1 fully saturated rings. The number of hydrogen-bond acceptors (Lipinski definition) is 8. The lowest BCUT2D eigenvalue weighted by atomic mass is 9.78. The molecule has 0 aliphatic carbocycles. The number of piperidine rings is 1. The van der Waals surface area contributed by atoms with Gasteiger partial charge in [0.15, 0.2) is 0 Å². The van der Waals surface area contributed by atoms with Crippen LogP contribution in [-0.4, -0.2) is 86.7 Å². The van der Waals surface area contributed by atoms with Crippen molar-refractivity contribution in [2.24, 2.45) is 5.41 Å². The van der Waals surface area contributed by atoms with Crippen LogP contribution in [0.3, 0.4) is 0 Å². The average molecular weight is 537 g/mol. The lowest BCUT2D eigenvalue weighted by Crippen LogP contribution is -2.51. The molecule has 2 aromatic rings. The highest BCUT2D eigenvalue weighted by molar-refractivity contribution is 7.89. The summed E-state index contributed by atoms with van der Waals surface area (Å²) in [6, 6.07) is 5.20. The van der Waals surface area contributed by atoms with Gasteiger partial charge in [-0.05, 0) is 50.4 Å². The van der Waals surface area contributed by atoms with Gasteiger partial charge in [0.1, 0.15) is 15.5 Å². The molecule has 1 atom stereocenters. The van der Waals surface area contributed by atoms with Crippen LogP contribution in [0.4, 0.5) is 0 Å². The van der Waals surface area contributed by atoms with E-state index in [4.69, 9.17) is 4.74 Å². The van der Waals surface area contributed by atoms with Crippen molar-refractivity contribution in [1.29, 1.82) is 0 Å². The van der Waals surface area contributed by atoms with Crippen molar-refractivity contribution < 1.29 is 23.1 Å². The number of sulfonamides is 1. The fraction of sp³-hybridized carbons (Fsp3) is 0.600. The molecule has 1 spiro atoms. The van der Waals surface area contributed by atoms with Crippen LogP contribution >= 0.6 is 11.3 Å². The summed E-state index contributed by atoms with van der Waals surface area (Å²) >= 11 is 1.40. The van der Waals surface area contributed by atoms with Crippen LogP contribution < -0.4 is 9.46 Å². The minimum Gasteiger partial charge on any atom is -0.492 e. The molecular weight excluding hydrogens is 500 g/mol. The molecule has 0 bridgehead atoms. The van der Waals surface area contributed by atoms with Crippen molar-refractivity contribution in [3.8, 4) is 5.75 Å². The number of ether oxygens (including phenoxy) is 1. The van der Waals surface area contributed by atoms with Crippen LogP contribution in [0, 0.1) is 12.3 Å². The Kier molecular flexibility index (Phi) is 8.06. The molecule has 2 aliphatic rings. The number of nitrogens with one attached hydrogen (secondary N) is 1. The van der Waals surface area contributed by atoms with Gasteiger partial charge in [0.2, 0.25) is 10.0 Å². The summed E-state index contributed by atoms with van der Waals surface area (Å²) in [5, 5.41) is 11.4.